The van der Waals surface area contributed by atoms with Crippen molar-refractivity contribution in [2.75, 3.05) is 5.32 Å². The van der Waals surface area contributed by atoms with E-state index in [0.29, 0.717) is 33.9 Å². The number of para-hydroxylation sites is 2. The van der Waals surface area contributed by atoms with E-state index < -0.39 is 0 Å². The lowest BCUT2D eigenvalue weighted by molar-refractivity contribution is 0.102. The molecule has 2 aromatic heterocycles. The summed E-state index contributed by atoms with van der Waals surface area (Å²) in [4.78, 5) is 17.8. The van der Waals surface area contributed by atoms with Crippen LogP contribution in [-0.2, 0) is 6.54 Å². The highest BCUT2D eigenvalue weighted by Crippen LogP contribution is 2.25. The first-order chi connectivity index (χ1) is 16.0. The topological polar surface area (TPSA) is 64.7 Å². The van der Waals surface area contributed by atoms with Crippen molar-refractivity contribution in [1.29, 1.82) is 0 Å². The Morgan fingerprint density at radius 1 is 0.970 bits per heavy atom. The lowest BCUT2D eigenvalue weighted by Gasteiger charge is -2.12. The Kier molecular flexibility index (Phi) is 5.62. The molecule has 164 valence electrons. The second-order valence-corrected chi connectivity index (χ2v) is 8.47. The van der Waals surface area contributed by atoms with Gasteiger partial charge in [0.05, 0.1) is 33.9 Å². The largest absolute Gasteiger partial charge is 0.306 e. The number of nitrogens with one attached hydrogen (secondary N) is 1. The minimum absolute atomic E-state index is 0.317. The van der Waals surface area contributed by atoms with Crippen LogP contribution in [0.5, 0.6) is 0 Å². The van der Waals surface area contributed by atoms with Gasteiger partial charge in [-0.05, 0) is 48.9 Å². The van der Waals surface area contributed by atoms with Gasteiger partial charge in [0.2, 0.25) is 5.95 Å². The third kappa shape index (κ3) is 4.23. The fourth-order valence-electron chi connectivity index (χ4n) is 3.72. The summed E-state index contributed by atoms with van der Waals surface area (Å²) in [5.41, 5.74) is 3.99. The van der Waals surface area contributed by atoms with Crippen molar-refractivity contribution in [3.8, 4) is 5.95 Å². The molecule has 0 aliphatic heterocycles. The number of nitrogens with zero attached hydrogens (tertiary/aromatic N) is 4. The third-order valence-electron chi connectivity index (χ3n) is 5.27. The Balaban J connectivity index is 1.59. The molecule has 1 amide bonds. The summed E-state index contributed by atoms with van der Waals surface area (Å²) >= 11 is 12.3. The van der Waals surface area contributed by atoms with Gasteiger partial charge in [-0.15, -0.1) is 0 Å². The van der Waals surface area contributed by atoms with E-state index in [1.807, 2.05) is 55.5 Å². The van der Waals surface area contributed by atoms with Crippen LogP contribution in [-0.4, -0.2) is 25.2 Å². The molecule has 0 atom stereocenters. The van der Waals surface area contributed by atoms with Gasteiger partial charge in [0.25, 0.3) is 5.91 Å². The first kappa shape index (κ1) is 21.2. The number of halogens is 2. The van der Waals surface area contributed by atoms with Crippen molar-refractivity contribution >= 4 is 46.0 Å². The van der Waals surface area contributed by atoms with E-state index in [1.54, 1.807) is 35.0 Å². The fourth-order valence-corrected chi connectivity index (χ4v) is 4.07. The van der Waals surface area contributed by atoms with Gasteiger partial charge >= 0.3 is 0 Å². The van der Waals surface area contributed by atoms with Crippen LogP contribution in [0.3, 0.4) is 0 Å². The normalized spacial score (nSPS) is 11.1. The zero-order valence-electron chi connectivity index (χ0n) is 17.7. The van der Waals surface area contributed by atoms with Crippen molar-refractivity contribution in [3.05, 3.63) is 106 Å². The maximum absolute atomic E-state index is 12.9. The van der Waals surface area contributed by atoms with Crippen LogP contribution < -0.4 is 5.32 Å². The number of aromatic nitrogens is 4. The van der Waals surface area contributed by atoms with Crippen LogP contribution in [0.2, 0.25) is 10.0 Å². The molecule has 8 heteroatoms. The van der Waals surface area contributed by atoms with E-state index in [2.05, 4.69) is 15.0 Å². The number of amides is 1. The number of carbonyl (C=O) groups is 1. The zero-order chi connectivity index (χ0) is 22.9. The van der Waals surface area contributed by atoms with Crippen LogP contribution in [0.15, 0.2) is 78.9 Å². The molecule has 2 heterocycles. The number of fused-ring (bicyclic) bond motifs is 1. The number of hydrogen-bond acceptors (Lipinski definition) is 3. The number of imidazole rings is 1. The summed E-state index contributed by atoms with van der Waals surface area (Å²) in [6, 6.07) is 24.3. The second kappa shape index (κ2) is 8.73. The first-order valence-electron chi connectivity index (χ1n) is 10.3. The SMILES string of the molecule is Cc1cc(NC(=O)c2ccccc2Cl)n(-c2nc3ccccc3n2Cc2ccc(Cl)cc2)n1. The molecule has 0 bridgehead atoms. The van der Waals surface area contributed by atoms with Gasteiger partial charge in [0.15, 0.2) is 0 Å². The molecule has 1 N–H and O–H groups in total. The molecular formula is C25H19Cl2N5O. The minimum Gasteiger partial charge on any atom is -0.306 e. The number of anilines is 1. The molecule has 0 unspecified atom stereocenters. The Morgan fingerprint density at radius 2 is 1.70 bits per heavy atom. The molecule has 0 fully saturated rings. The summed E-state index contributed by atoms with van der Waals surface area (Å²) in [6.07, 6.45) is 0. The molecule has 0 saturated carbocycles. The molecule has 3 aromatic carbocycles. The molecule has 0 aliphatic rings. The molecule has 0 spiro atoms. The predicted octanol–water partition coefficient (Wildman–Crippen LogP) is 6.14. The monoisotopic (exact) mass is 475 g/mol. The van der Waals surface area contributed by atoms with E-state index >= 15 is 0 Å². The number of benzene rings is 3. The fraction of sp³-hybridized carbons (Fsp3) is 0.0800. The average molecular weight is 476 g/mol. The third-order valence-corrected chi connectivity index (χ3v) is 5.85. The Bertz CT molecular complexity index is 1470. The lowest BCUT2D eigenvalue weighted by Crippen LogP contribution is -2.17. The Hall–Kier alpha value is -3.61. The Labute approximate surface area is 200 Å². The van der Waals surface area contributed by atoms with Crippen molar-refractivity contribution in [3.63, 3.8) is 0 Å². The summed E-state index contributed by atoms with van der Waals surface area (Å²) in [5.74, 6) is 0.779. The number of aryl methyl sites for hydroxylation is 1. The van der Waals surface area contributed by atoms with Crippen molar-refractivity contribution in [1.82, 2.24) is 19.3 Å². The Morgan fingerprint density at radius 3 is 2.48 bits per heavy atom. The second-order valence-electron chi connectivity index (χ2n) is 7.63. The standard InChI is InChI=1S/C25H19Cl2N5O/c1-16-14-23(29-24(33)19-6-2-3-7-20(19)27)32(30-16)25-28-21-8-4-5-9-22(21)31(25)15-17-10-12-18(26)13-11-17/h2-14H,15H2,1H3,(H,29,33). The highest BCUT2D eigenvalue weighted by atomic mass is 35.5. The van der Waals surface area contributed by atoms with Crippen LogP contribution in [0.4, 0.5) is 5.82 Å². The molecule has 5 rings (SSSR count). The van der Waals surface area contributed by atoms with Gasteiger partial charge in [-0.3, -0.25) is 4.79 Å². The summed E-state index contributed by atoms with van der Waals surface area (Å²) < 4.78 is 3.72. The zero-order valence-corrected chi connectivity index (χ0v) is 19.2. The molecule has 0 radical (unpaired) electrons. The van der Waals surface area contributed by atoms with Crippen LogP contribution in [0.1, 0.15) is 21.6 Å². The summed E-state index contributed by atoms with van der Waals surface area (Å²) in [6.45, 7) is 2.43. The lowest BCUT2D eigenvalue weighted by atomic mass is 10.2. The van der Waals surface area contributed by atoms with Gasteiger partial charge in [0, 0.05) is 11.1 Å². The predicted molar refractivity (Wildman–Crippen MR) is 132 cm³/mol. The van der Waals surface area contributed by atoms with Crippen LogP contribution >= 0.6 is 23.2 Å². The van der Waals surface area contributed by atoms with Crippen LogP contribution in [0.25, 0.3) is 17.0 Å². The average Bonchev–Trinajstić information content (AvgIpc) is 3.35. The highest BCUT2D eigenvalue weighted by molar-refractivity contribution is 6.34. The van der Waals surface area contributed by atoms with Gasteiger partial charge < -0.3 is 9.88 Å². The molecule has 33 heavy (non-hydrogen) atoms. The van der Waals surface area contributed by atoms with Crippen molar-refractivity contribution in [2.24, 2.45) is 0 Å². The van der Waals surface area contributed by atoms with E-state index in [9.17, 15) is 4.79 Å². The van der Waals surface area contributed by atoms with Crippen molar-refractivity contribution < 1.29 is 4.79 Å². The van der Waals surface area contributed by atoms with E-state index in [-0.39, 0.29) is 5.91 Å². The van der Waals surface area contributed by atoms with Gasteiger partial charge in [-0.1, -0.05) is 59.6 Å². The number of rotatable bonds is 5. The molecule has 0 aliphatic carbocycles. The smallest absolute Gasteiger partial charge is 0.258 e. The van der Waals surface area contributed by atoms with Gasteiger partial charge in [0.1, 0.15) is 5.82 Å². The van der Waals surface area contributed by atoms with E-state index in [0.717, 1.165) is 22.3 Å². The summed E-state index contributed by atoms with van der Waals surface area (Å²) in [7, 11) is 0. The molecule has 6 nitrogen and oxygen atoms in total. The molecule has 0 saturated heterocycles. The van der Waals surface area contributed by atoms with Gasteiger partial charge in [-0.2, -0.15) is 9.78 Å². The molecular weight excluding hydrogens is 457 g/mol. The van der Waals surface area contributed by atoms with Crippen molar-refractivity contribution in [2.45, 2.75) is 13.5 Å². The minimum atomic E-state index is -0.317. The van der Waals surface area contributed by atoms with E-state index in [4.69, 9.17) is 28.2 Å². The number of hydrogen-bond donors (Lipinski definition) is 1. The summed E-state index contributed by atoms with van der Waals surface area (Å²) in [5, 5.41) is 8.63. The first-order valence-corrected chi connectivity index (χ1v) is 11.1. The maximum atomic E-state index is 12.9. The quantitative estimate of drug-likeness (QED) is 0.332. The van der Waals surface area contributed by atoms with Crippen LogP contribution in [0, 0.1) is 6.92 Å². The highest BCUT2D eigenvalue weighted by Gasteiger charge is 2.19. The maximum Gasteiger partial charge on any atom is 0.258 e. The van der Waals surface area contributed by atoms with Gasteiger partial charge in [-0.25, -0.2) is 4.98 Å². The number of carbonyl (C=O) groups excluding carboxylic acids is 1. The van der Waals surface area contributed by atoms with E-state index in [1.165, 1.54) is 0 Å². The molecule has 5 aromatic rings.